The third-order valence-corrected chi connectivity index (χ3v) is 2.80. The van der Waals surface area contributed by atoms with Crippen LogP contribution in [0.25, 0.3) is 0 Å². The Morgan fingerprint density at radius 2 is 2.38 bits per heavy atom. The molecule has 13 heavy (non-hydrogen) atoms. The lowest BCUT2D eigenvalue weighted by Gasteiger charge is -2.33. The zero-order valence-corrected chi connectivity index (χ0v) is 8.62. The van der Waals surface area contributed by atoms with Gasteiger partial charge in [-0.2, -0.15) is 0 Å². The molecule has 1 rings (SSSR count). The standard InChI is InChI=1S/C10H20N2O/c1-3-9-5-4-6-12(7-9)10(13)8(2)11/h8-9H,3-7,11H2,1-2H3. The highest BCUT2D eigenvalue weighted by atomic mass is 16.2. The van der Waals surface area contributed by atoms with Crippen molar-refractivity contribution < 1.29 is 4.79 Å². The summed E-state index contributed by atoms with van der Waals surface area (Å²) < 4.78 is 0. The number of carbonyl (C=O) groups excluding carboxylic acids is 1. The van der Waals surface area contributed by atoms with Crippen molar-refractivity contribution in [3.63, 3.8) is 0 Å². The van der Waals surface area contributed by atoms with Crippen LogP contribution in [0.3, 0.4) is 0 Å². The molecule has 1 fully saturated rings. The molecule has 0 aliphatic carbocycles. The fourth-order valence-corrected chi connectivity index (χ4v) is 1.89. The van der Waals surface area contributed by atoms with Crippen LogP contribution in [-0.2, 0) is 4.79 Å². The van der Waals surface area contributed by atoms with Gasteiger partial charge in [-0.05, 0) is 25.7 Å². The summed E-state index contributed by atoms with van der Waals surface area (Å²) in [6.07, 6.45) is 3.57. The van der Waals surface area contributed by atoms with Crippen molar-refractivity contribution >= 4 is 5.91 Å². The second kappa shape index (κ2) is 4.61. The number of hydrogen-bond donors (Lipinski definition) is 1. The molecule has 0 aromatic carbocycles. The number of nitrogens with two attached hydrogens (primary N) is 1. The number of hydrogen-bond acceptors (Lipinski definition) is 2. The minimum Gasteiger partial charge on any atom is -0.341 e. The summed E-state index contributed by atoms with van der Waals surface area (Å²) in [7, 11) is 0. The van der Waals surface area contributed by atoms with Crippen LogP contribution in [0, 0.1) is 5.92 Å². The molecule has 0 aromatic rings. The molecule has 3 heteroatoms. The molecule has 3 nitrogen and oxygen atoms in total. The van der Waals surface area contributed by atoms with E-state index in [1.807, 2.05) is 4.90 Å². The number of carbonyl (C=O) groups is 1. The van der Waals surface area contributed by atoms with Crippen LogP contribution in [0.15, 0.2) is 0 Å². The minimum absolute atomic E-state index is 0.109. The van der Waals surface area contributed by atoms with E-state index < -0.39 is 0 Å². The molecule has 1 saturated heterocycles. The molecule has 0 spiro atoms. The third kappa shape index (κ3) is 2.69. The van der Waals surface area contributed by atoms with E-state index in [1.54, 1.807) is 6.92 Å². The molecule has 1 aliphatic rings. The molecule has 0 aromatic heterocycles. The van der Waals surface area contributed by atoms with Crippen molar-refractivity contribution in [3.8, 4) is 0 Å². The summed E-state index contributed by atoms with van der Waals surface area (Å²) in [5.41, 5.74) is 5.56. The molecule has 1 heterocycles. The maximum absolute atomic E-state index is 11.6. The first-order valence-electron chi connectivity index (χ1n) is 5.19. The summed E-state index contributed by atoms with van der Waals surface area (Å²) in [6, 6.07) is -0.337. The van der Waals surface area contributed by atoms with Crippen LogP contribution >= 0.6 is 0 Å². The van der Waals surface area contributed by atoms with Gasteiger partial charge in [0.15, 0.2) is 0 Å². The average Bonchev–Trinajstić information content (AvgIpc) is 2.16. The largest absolute Gasteiger partial charge is 0.341 e. The quantitative estimate of drug-likeness (QED) is 0.695. The van der Waals surface area contributed by atoms with Crippen LogP contribution in [0.5, 0.6) is 0 Å². The summed E-state index contributed by atoms with van der Waals surface area (Å²) in [5.74, 6) is 0.801. The highest BCUT2D eigenvalue weighted by Crippen LogP contribution is 2.19. The molecule has 0 bridgehead atoms. The van der Waals surface area contributed by atoms with Gasteiger partial charge in [-0.3, -0.25) is 4.79 Å². The Morgan fingerprint density at radius 1 is 1.69 bits per heavy atom. The lowest BCUT2D eigenvalue weighted by atomic mass is 9.95. The molecular weight excluding hydrogens is 164 g/mol. The van der Waals surface area contributed by atoms with Gasteiger partial charge in [0, 0.05) is 13.1 Å². The van der Waals surface area contributed by atoms with Gasteiger partial charge in [0.2, 0.25) is 5.91 Å². The van der Waals surface area contributed by atoms with Gasteiger partial charge in [0.25, 0.3) is 0 Å². The number of amides is 1. The van der Waals surface area contributed by atoms with Crippen LogP contribution in [-0.4, -0.2) is 29.9 Å². The fourth-order valence-electron chi connectivity index (χ4n) is 1.89. The predicted molar refractivity (Wildman–Crippen MR) is 53.2 cm³/mol. The third-order valence-electron chi connectivity index (χ3n) is 2.80. The number of rotatable bonds is 2. The Labute approximate surface area is 80.3 Å². The normalized spacial score (nSPS) is 25.8. The van der Waals surface area contributed by atoms with Crippen molar-refractivity contribution in [2.45, 2.75) is 39.2 Å². The summed E-state index contributed by atoms with van der Waals surface area (Å²) in [5, 5.41) is 0. The smallest absolute Gasteiger partial charge is 0.239 e. The highest BCUT2D eigenvalue weighted by molar-refractivity contribution is 5.81. The van der Waals surface area contributed by atoms with Gasteiger partial charge >= 0.3 is 0 Å². The molecule has 1 amide bonds. The first-order valence-corrected chi connectivity index (χ1v) is 5.19. The van der Waals surface area contributed by atoms with E-state index >= 15 is 0 Å². The van der Waals surface area contributed by atoms with Gasteiger partial charge in [-0.25, -0.2) is 0 Å². The molecule has 0 radical (unpaired) electrons. The van der Waals surface area contributed by atoms with Crippen LogP contribution in [0.4, 0.5) is 0 Å². The summed E-state index contributed by atoms with van der Waals surface area (Å²) in [6.45, 7) is 5.76. The van der Waals surface area contributed by atoms with E-state index in [4.69, 9.17) is 5.73 Å². The number of likely N-dealkylation sites (tertiary alicyclic amines) is 1. The Bertz CT molecular complexity index is 180. The van der Waals surface area contributed by atoms with Crippen molar-refractivity contribution in [2.24, 2.45) is 11.7 Å². The van der Waals surface area contributed by atoms with E-state index in [9.17, 15) is 4.79 Å². The Hall–Kier alpha value is -0.570. The second-order valence-corrected chi connectivity index (χ2v) is 3.99. The first-order chi connectivity index (χ1) is 6.15. The van der Waals surface area contributed by atoms with E-state index in [1.165, 1.54) is 12.8 Å². The molecule has 0 saturated carbocycles. The van der Waals surface area contributed by atoms with Crippen LogP contribution in [0.2, 0.25) is 0 Å². The van der Waals surface area contributed by atoms with Gasteiger partial charge < -0.3 is 10.6 Å². The SMILES string of the molecule is CCC1CCCN(C(=O)C(C)N)C1. The molecule has 76 valence electrons. The number of nitrogens with zero attached hydrogens (tertiary/aromatic N) is 1. The molecule has 2 unspecified atom stereocenters. The van der Waals surface area contributed by atoms with Crippen molar-refractivity contribution in [2.75, 3.05) is 13.1 Å². The molecular formula is C10H20N2O. The van der Waals surface area contributed by atoms with Crippen LogP contribution < -0.4 is 5.73 Å². The van der Waals surface area contributed by atoms with Gasteiger partial charge in [-0.15, -0.1) is 0 Å². The number of piperidine rings is 1. The van der Waals surface area contributed by atoms with E-state index in [-0.39, 0.29) is 11.9 Å². The Morgan fingerprint density at radius 3 is 2.92 bits per heavy atom. The Balaban J connectivity index is 2.46. The maximum Gasteiger partial charge on any atom is 0.239 e. The van der Waals surface area contributed by atoms with E-state index in [2.05, 4.69) is 6.92 Å². The zero-order valence-electron chi connectivity index (χ0n) is 8.62. The van der Waals surface area contributed by atoms with Crippen LogP contribution in [0.1, 0.15) is 33.1 Å². The van der Waals surface area contributed by atoms with Gasteiger partial charge in [-0.1, -0.05) is 13.3 Å². The zero-order chi connectivity index (χ0) is 9.84. The average molecular weight is 184 g/mol. The van der Waals surface area contributed by atoms with E-state index in [0.29, 0.717) is 5.92 Å². The first kappa shape index (κ1) is 10.5. The predicted octanol–water partition coefficient (Wildman–Crippen LogP) is 0.982. The topological polar surface area (TPSA) is 46.3 Å². The van der Waals surface area contributed by atoms with Crippen molar-refractivity contribution in [1.82, 2.24) is 4.90 Å². The molecule has 2 N–H and O–H groups in total. The molecule has 2 atom stereocenters. The maximum atomic E-state index is 11.6. The second-order valence-electron chi connectivity index (χ2n) is 3.99. The lowest BCUT2D eigenvalue weighted by molar-refractivity contribution is -0.134. The minimum atomic E-state index is -0.337. The van der Waals surface area contributed by atoms with E-state index in [0.717, 1.165) is 19.5 Å². The fraction of sp³-hybridized carbons (Fsp3) is 0.900. The summed E-state index contributed by atoms with van der Waals surface area (Å²) >= 11 is 0. The highest BCUT2D eigenvalue weighted by Gasteiger charge is 2.23. The van der Waals surface area contributed by atoms with Gasteiger partial charge in [0.05, 0.1) is 6.04 Å². The lowest BCUT2D eigenvalue weighted by Crippen LogP contribution is -2.46. The Kier molecular flexibility index (Phi) is 3.72. The van der Waals surface area contributed by atoms with Crippen molar-refractivity contribution in [3.05, 3.63) is 0 Å². The summed E-state index contributed by atoms with van der Waals surface area (Å²) in [4.78, 5) is 13.5. The van der Waals surface area contributed by atoms with Gasteiger partial charge in [0.1, 0.15) is 0 Å². The molecule has 1 aliphatic heterocycles. The van der Waals surface area contributed by atoms with Crippen molar-refractivity contribution in [1.29, 1.82) is 0 Å². The monoisotopic (exact) mass is 184 g/mol.